The molecule has 0 aromatic carbocycles. The van der Waals surface area contributed by atoms with E-state index in [1.54, 1.807) is 0 Å². The van der Waals surface area contributed by atoms with Gasteiger partial charge in [0, 0.05) is 6.04 Å². The van der Waals surface area contributed by atoms with Crippen LogP contribution in [0.5, 0.6) is 0 Å². The van der Waals surface area contributed by atoms with E-state index in [-0.39, 0.29) is 5.41 Å². The van der Waals surface area contributed by atoms with Crippen molar-refractivity contribution in [3.63, 3.8) is 0 Å². The van der Waals surface area contributed by atoms with Gasteiger partial charge in [0.25, 0.3) is 0 Å². The molecule has 0 spiro atoms. The van der Waals surface area contributed by atoms with Gasteiger partial charge in [-0.25, -0.2) is 0 Å². The predicted molar refractivity (Wildman–Crippen MR) is 70.6 cm³/mol. The fourth-order valence-electron chi connectivity index (χ4n) is 3.61. The first-order valence-corrected chi connectivity index (χ1v) is 7.28. The van der Waals surface area contributed by atoms with Gasteiger partial charge in [-0.3, -0.25) is 0 Å². The minimum absolute atomic E-state index is 0.134. The molecule has 1 saturated carbocycles. The molecule has 0 amide bonds. The highest BCUT2D eigenvalue weighted by atomic mass is 15.2. The quantitative estimate of drug-likeness (QED) is 0.743. The number of hydrogen-bond acceptors (Lipinski definition) is 2. The normalized spacial score (nSPS) is 29.9. The molecule has 0 N–H and O–H groups in total. The van der Waals surface area contributed by atoms with Crippen molar-refractivity contribution in [1.29, 1.82) is 5.26 Å². The third-order valence-corrected chi connectivity index (χ3v) is 4.66. The zero-order chi connectivity index (χ0) is 12.3. The highest BCUT2D eigenvalue weighted by Gasteiger charge is 2.34. The van der Waals surface area contributed by atoms with Crippen LogP contribution in [-0.2, 0) is 0 Å². The molecule has 1 aliphatic carbocycles. The van der Waals surface area contributed by atoms with Crippen molar-refractivity contribution in [3.05, 3.63) is 0 Å². The smallest absolute Gasteiger partial charge is 0.0683 e. The Morgan fingerprint density at radius 2 is 2.00 bits per heavy atom. The molecule has 2 atom stereocenters. The number of piperidine rings is 1. The van der Waals surface area contributed by atoms with Crippen molar-refractivity contribution in [2.75, 3.05) is 13.1 Å². The van der Waals surface area contributed by atoms with Gasteiger partial charge in [-0.2, -0.15) is 5.26 Å². The summed E-state index contributed by atoms with van der Waals surface area (Å²) in [5.41, 5.74) is -0.134. The molecule has 1 heterocycles. The summed E-state index contributed by atoms with van der Waals surface area (Å²) in [5, 5.41) is 9.02. The summed E-state index contributed by atoms with van der Waals surface area (Å²) < 4.78 is 0. The molecular formula is C15H26N2. The first-order chi connectivity index (χ1) is 8.12. The van der Waals surface area contributed by atoms with Crippen molar-refractivity contribution in [2.24, 2.45) is 11.3 Å². The van der Waals surface area contributed by atoms with E-state index in [0.29, 0.717) is 0 Å². The van der Waals surface area contributed by atoms with Crippen LogP contribution in [0.1, 0.15) is 58.8 Å². The van der Waals surface area contributed by atoms with Crippen molar-refractivity contribution < 1.29 is 0 Å². The van der Waals surface area contributed by atoms with E-state index in [1.807, 2.05) is 0 Å². The van der Waals surface area contributed by atoms with Gasteiger partial charge in [-0.05, 0) is 71.4 Å². The zero-order valence-electron chi connectivity index (χ0n) is 11.4. The van der Waals surface area contributed by atoms with Gasteiger partial charge in [-0.1, -0.05) is 6.42 Å². The second kappa shape index (κ2) is 5.40. The third kappa shape index (κ3) is 3.22. The van der Waals surface area contributed by atoms with Crippen LogP contribution in [0.25, 0.3) is 0 Å². The molecule has 2 aliphatic rings. The van der Waals surface area contributed by atoms with E-state index < -0.39 is 0 Å². The molecule has 1 aliphatic heterocycles. The molecule has 0 radical (unpaired) electrons. The highest BCUT2D eigenvalue weighted by Crippen LogP contribution is 2.37. The Labute approximate surface area is 106 Å². The number of likely N-dealkylation sites (tertiary alicyclic amines) is 1. The van der Waals surface area contributed by atoms with E-state index in [0.717, 1.165) is 18.4 Å². The molecule has 1 saturated heterocycles. The summed E-state index contributed by atoms with van der Waals surface area (Å²) in [6, 6.07) is 3.29. The highest BCUT2D eigenvalue weighted by molar-refractivity contribution is 4.93. The fourth-order valence-corrected chi connectivity index (χ4v) is 3.61. The summed E-state index contributed by atoms with van der Waals surface area (Å²) in [6.45, 7) is 6.63. The third-order valence-electron chi connectivity index (χ3n) is 4.66. The molecule has 96 valence electrons. The Morgan fingerprint density at radius 1 is 1.24 bits per heavy atom. The minimum Gasteiger partial charge on any atom is -0.300 e. The number of fused-ring (bicyclic) bond motifs is 1. The number of hydrogen-bond donors (Lipinski definition) is 0. The van der Waals surface area contributed by atoms with E-state index in [4.69, 9.17) is 5.26 Å². The van der Waals surface area contributed by atoms with Crippen LogP contribution in [-0.4, -0.2) is 24.0 Å². The second-order valence-electron chi connectivity index (χ2n) is 6.54. The maximum Gasteiger partial charge on any atom is 0.0683 e. The summed E-state index contributed by atoms with van der Waals surface area (Å²) >= 11 is 0. The summed E-state index contributed by atoms with van der Waals surface area (Å²) in [5.74, 6) is 0.993. The molecule has 2 unspecified atom stereocenters. The van der Waals surface area contributed by atoms with Gasteiger partial charge in [-0.15, -0.1) is 0 Å². The Balaban J connectivity index is 1.77. The predicted octanol–water partition coefficient (Wildman–Crippen LogP) is 3.58. The first-order valence-electron chi connectivity index (χ1n) is 7.28. The topological polar surface area (TPSA) is 27.0 Å². The second-order valence-corrected chi connectivity index (χ2v) is 6.54. The lowest BCUT2D eigenvalue weighted by molar-refractivity contribution is 0.109. The number of rotatable bonds is 4. The van der Waals surface area contributed by atoms with Gasteiger partial charge < -0.3 is 4.90 Å². The first kappa shape index (κ1) is 12.9. The Kier molecular flexibility index (Phi) is 4.09. The molecular weight excluding hydrogens is 208 g/mol. The molecule has 2 heteroatoms. The lowest BCUT2D eigenvalue weighted by Gasteiger charge is -2.38. The van der Waals surface area contributed by atoms with Crippen LogP contribution in [0.3, 0.4) is 0 Å². The van der Waals surface area contributed by atoms with E-state index in [9.17, 15) is 0 Å². The Bertz CT molecular complexity index is 290. The molecule has 2 rings (SSSR count). The van der Waals surface area contributed by atoms with Gasteiger partial charge in [0.1, 0.15) is 0 Å². The average Bonchev–Trinajstić information content (AvgIpc) is 2.78. The average molecular weight is 234 g/mol. The van der Waals surface area contributed by atoms with Crippen LogP contribution in [0.2, 0.25) is 0 Å². The van der Waals surface area contributed by atoms with Crippen LogP contribution >= 0.6 is 0 Å². The SMILES string of the molecule is CC(C)(C#N)CCCN1CCCC2CCCC21. The molecule has 2 nitrogen and oxygen atoms in total. The molecule has 0 aromatic heterocycles. The van der Waals surface area contributed by atoms with Crippen molar-refractivity contribution in [1.82, 2.24) is 4.90 Å². The lowest BCUT2D eigenvalue weighted by atomic mass is 9.88. The van der Waals surface area contributed by atoms with Crippen molar-refractivity contribution in [2.45, 2.75) is 64.8 Å². The monoisotopic (exact) mass is 234 g/mol. The van der Waals surface area contributed by atoms with Crippen molar-refractivity contribution in [3.8, 4) is 6.07 Å². The molecule has 0 aromatic rings. The molecule has 17 heavy (non-hydrogen) atoms. The molecule has 2 fully saturated rings. The maximum absolute atomic E-state index is 9.02. The maximum atomic E-state index is 9.02. The Morgan fingerprint density at radius 3 is 2.76 bits per heavy atom. The number of nitriles is 1. The minimum atomic E-state index is -0.134. The molecule has 0 bridgehead atoms. The lowest BCUT2D eigenvalue weighted by Crippen LogP contribution is -2.43. The summed E-state index contributed by atoms with van der Waals surface area (Å²) in [6.07, 6.45) is 9.40. The van der Waals surface area contributed by atoms with Gasteiger partial charge >= 0.3 is 0 Å². The van der Waals surface area contributed by atoms with Crippen LogP contribution in [0.4, 0.5) is 0 Å². The largest absolute Gasteiger partial charge is 0.300 e. The van der Waals surface area contributed by atoms with E-state index in [2.05, 4.69) is 24.8 Å². The van der Waals surface area contributed by atoms with Crippen LogP contribution in [0, 0.1) is 22.7 Å². The van der Waals surface area contributed by atoms with Gasteiger partial charge in [0.15, 0.2) is 0 Å². The van der Waals surface area contributed by atoms with Gasteiger partial charge in [0.2, 0.25) is 0 Å². The standard InChI is InChI=1S/C15H26N2/c1-15(2,12-16)9-5-11-17-10-4-7-13-6-3-8-14(13)17/h13-14H,3-11H2,1-2H3. The van der Waals surface area contributed by atoms with E-state index >= 15 is 0 Å². The fraction of sp³-hybridized carbons (Fsp3) is 0.933. The Hall–Kier alpha value is -0.550. The van der Waals surface area contributed by atoms with Crippen LogP contribution < -0.4 is 0 Å². The van der Waals surface area contributed by atoms with E-state index in [1.165, 1.54) is 51.6 Å². The summed E-state index contributed by atoms with van der Waals surface area (Å²) in [4.78, 5) is 2.72. The van der Waals surface area contributed by atoms with Crippen LogP contribution in [0.15, 0.2) is 0 Å². The number of nitrogens with zero attached hydrogens (tertiary/aromatic N) is 2. The van der Waals surface area contributed by atoms with Gasteiger partial charge in [0.05, 0.1) is 11.5 Å². The zero-order valence-corrected chi connectivity index (χ0v) is 11.4. The van der Waals surface area contributed by atoms with Crippen molar-refractivity contribution >= 4 is 0 Å². The summed E-state index contributed by atoms with van der Waals surface area (Å²) in [7, 11) is 0.